The minimum atomic E-state index is -0.965. The number of benzene rings is 2. The summed E-state index contributed by atoms with van der Waals surface area (Å²) in [6, 6.07) is 16.1. The maximum atomic E-state index is 12.8. The van der Waals surface area contributed by atoms with Crippen LogP contribution in [0.3, 0.4) is 0 Å². The number of aromatic nitrogens is 2. The molecule has 30 heavy (non-hydrogen) atoms. The maximum absolute atomic E-state index is 12.8. The van der Waals surface area contributed by atoms with Crippen LogP contribution in [0.4, 0.5) is 0 Å². The van der Waals surface area contributed by atoms with Crippen molar-refractivity contribution in [2.75, 3.05) is 6.54 Å². The Kier molecular flexibility index (Phi) is 5.69. The first kappa shape index (κ1) is 20.3. The molecular formula is C22H19N3O3S2. The van der Waals surface area contributed by atoms with E-state index in [0.717, 1.165) is 16.6 Å². The number of carbonyl (C=O) groups excluding carboxylic acids is 1. The van der Waals surface area contributed by atoms with Crippen molar-refractivity contribution in [3.63, 3.8) is 0 Å². The highest BCUT2D eigenvalue weighted by atomic mass is 32.2. The summed E-state index contributed by atoms with van der Waals surface area (Å²) in [6.45, 7) is 2.73. The molecule has 1 amide bonds. The zero-order chi connectivity index (χ0) is 21.3. The number of carboxylic acid groups (broad SMARTS) is 1. The van der Waals surface area contributed by atoms with Crippen LogP contribution in [0.15, 0.2) is 53.4 Å². The van der Waals surface area contributed by atoms with Crippen molar-refractivity contribution in [2.45, 2.75) is 19.9 Å². The van der Waals surface area contributed by atoms with E-state index in [9.17, 15) is 9.59 Å². The van der Waals surface area contributed by atoms with Gasteiger partial charge in [0.2, 0.25) is 0 Å². The number of carboxylic acids is 1. The Balaban J connectivity index is 1.70. The fourth-order valence-corrected chi connectivity index (χ4v) is 4.54. The van der Waals surface area contributed by atoms with Crippen LogP contribution < -0.4 is 0 Å². The fourth-order valence-electron chi connectivity index (χ4n) is 3.26. The van der Waals surface area contributed by atoms with E-state index in [4.69, 9.17) is 22.3 Å². The fraction of sp³-hybridized carbons (Fsp3) is 0.182. The third kappa shape index (κ3) is 4.15. The van der Waals surface area contributed by atoms with Crippen LogP contribution in [-0.2, 0) is 16.1 Å². The summed E-state index contributed by atoms with van der Waals surface area (Å²) >= 11 is 6.46. The van der Waals surface area contributed by atoms with Crippen LogP contribution in [0.25, 0.3) is 17.1 Å². The Morgan fingerprint density at radius 1 is 1.20 bits per heavy atom. The van der Waals surface area contributed by atoms with E-state index in [1.165, 1.54) is 22.2 Å². The number of nitrogens with zero attached hydrogens (tertiary/aromatic N) is 3. The number of para-hydroxylation sites is 2. The molecule has 8 heteroatoms. The molecular weight excluding hydrogens is 418 g/mol. The molecule has 152 valence electrons. The molecule has 3 aromatic rings. The Bertz CT molecular complexity index is 1180. The molecule has 1 saturated heterocycles. The SMILES string of the molecule is Cc1ccc(Cn2c(/C=C3\SC(=S)N(CCC(=O)O)C3=O)nc3ccccc32)cc1. The van der Waals surface area contributed by atoms with Gasteiger partial charge in [0, 0.05) is 19.2 Å². The molecule has 1 N–H and O–H groups in total. The number of aryl methyl sites for hydroxylation is 1. The number of imidazole rings is 1. The van der Waals surface area contributed by atoms with Crippen molar-refractivity contribution in [1.82, 2.24) is 14.5 Å². The topological polar surface area (TPSA) is 75.4 Å². The third-order valence-corrected chi connectivity index (χ3v) is 6.21. The standard InChI is InChI=1S/C22H19N3O3S2/c1-14-6-8-15(9-7-14)13-25-17-5-3-2-4-16(17)23-19(25)12-18-21(28)24(22(29)30-18)11-10-20(26)27/h2-9,12H,10-11,13H2,1H3,(H,26,27)/b18-12-. The first-order valence-electron chi connectivity index (χ1n) is 9.40. The van der Waals surface area contributed by atoms with Gasteiger partial charge < -0.3 is 9.67 Å². The van der Waals surface area contributed by atoms with Gasteiger partial charge in [-0.3, -0.25) is 14.5 Å². The number of thiocarbonyl (C=S) groups is 1. The Morgan fingerprint density at radius 2 is 1.93 bits per heavy atom. The minimum Gasteiger partial charge on any atom is -0.481 e. The largest absolute Gasteiger partial charge is 0.481 e. The molecule has 2 aromatic carbocycles. The van der Waals surface area contributed by atoms with Crippen molar-refractivity contribution >= 4 is 57.3 Å². The molecule has 0 aliphatic carbocycles. The average molecular weight is 438 g/mol. The smallest absolute Gasteiger partial charge is 0.305 e. The van der Waals surface area contributed by atoms with Crippen molar-refractivity contribution in [3.05, 3.63) is 70.4 Å². The molecule has 4 rings (SSSR count). The molecule has 2 heterocycles. The summed E-state index contributed by atoms with van der Waals surface area (Å²) in [5.74, 6) is -0.580. The van der Waals surface area contributed by atoms with Crippen molar-refractivity contribution in [1.29, 1.82) is 0 Å². The van der Waals surface area contributed by atoms with Gasteiger partial charge in [-0.2, -0.15) is 0 Å². The summed E-state index contributed by atoms with van der Waals surface area (Å²) in [5, 5.41) is 8.91. The highest BCUT2D eigenvalue weighted by Gasteiger charge is 2.32. The summed E-state index contributed by atoms with van der Waals surface area (Å²) in [5.41, 5.74) is 4.15. The van der Waals surface area contributed by atoms with Crippen LogP contribution in [0, 0.1) is 6.92 Å². The molecule has 0 bridgehead atoms. The predicted molar refractivity (Wildman–Crippen MR) is 122 cm³/mol. The van der Waals surface area contributed by atoms with Crippen molar-refractivity contribution in [3.8, 4) is 0 Å². The lowest BCUT2D eigenvalue weighted by Gasteiger charge is -2.12. The lowest BCUT2D eigenvalue weighted by molar-refractivity contribution is -0.137. The average Bonchev–Trinajstić information content (AvgIpc) is 3.19. The molecule has 1 fully saturated rings. The monoisotopic (exact) mass is 437 g/mol. The Morgan fingerprint density at radius 3 is 2.67 bits per heavy atom. The Hall–Kier alpha value is -2.97. The van der Waals surface area contributed by atoms with Crippen LogP contribution in [0.1, 0.15) is 23.4 Å². The third-order valence-electron chi connectivity index (χ3n) is 4.83. The van der Waals surface area contributed by atoms with Crippen LogP contribution >= 0.6 is 24.0 Å². The van der Waals surface area contributed by atoms with Gasteiger partial charge in [-0.25, -0.2) is 4.98 Å². The number of rotatable bonds is 6. The first-order valence-corrected chi connectivity index (χ1v) is 10.6. The van der Waals surface area contributed by atoms with Gasteiger partial charge in [0.1, 0.15) is 10.1 Å². The second-order valence-corrected chi connectivity index (χ2v) is 8.68. The van der Waals surface area contributed by atoms with E-state index in [0.29, 0.717) is 21.6 Å². The van der Waals surface area contributed by atoms with Gasteiger partial charge in [0.05, 0.1) is 22.4 Å². The van der Waals surface area contributed by atoms with Crippen molar-refractivity contribution < 1.29 is 14.7 Å². The maximum Gasteiger partial charge on any atom is 0.305 e. The summed E-state index contributed by atoms with van der Waals surface area (Å²) in [4.78, 5) is 30.1. The van der Waals surface area contributed by atoms with E-state index in [2.05, 4.69) is 28.8 Å². The number of thioether (sulfide) groups is 1. The van der Waals surface area contributed by atoms with Gasteiger partial charge >= 0.3 is 5.97 Å². The van der Waals surface area contributed by atoms with E-state index in [-0.39, 0.29) is 18.9 Å². The first-order chi connectivity index (χ1) is 14.4. The quantitative estimate of drug-likeness (QED) is 0.463. The number of carbonyl (C=O) groups is 2. The van der Waals surface area contributed by atoms with E-state index in [1.807, 2.05) is 31.2 Å². The summed E-state index contributed by atoms with van der Waals surface area (Å²) in [6.07, 6.45) is 1.60. The normalized spacial score (nSPS) is 15.5. The number of amides is 1. The number of fused-ring (bicyclic) bond motifs is 1. The molecule has 1 aromatic heterocycles. The zero-order valence-corrected chi connectivity index (χ0v) is 17.9. The van der Waals surface area contributed by atoms with Crippen LogP contribution in [-0.4, -0.2) is 42.3 Å². The second kappa shape index (κ2) is 8.41. The summed E-state index contributed by atoms with van der Waals surface area (Å²) < 4.78 is 2.44. The van der Waals surface area contributed by atoms with E-state index >= 15 is 0 Å². The van der Waals surface area contributed by atoms with Gasteiger partial charge in [0.15, 0.2) is 0 Å². The minimum absolute atomic E-state index is 0.0666. The highest BCUT2D eigenvalue weighted by molar-refractivity contribution is 8.26. The van der Waals surface area contributed by atoms with Crippen LogP contribution in [0.5, 0.6) is 0 Å². The van der Waals surface area contributed by atoms with E-state index < -0.39 is 5.97 Å². The molecule has 6 nitrogen and oxygen atoms in total. The van der Waals surface area contributed by atoms with Gasteiger partial charge in [-0.15, -0.1) is 0 Å². The lowest BCUT2D eigenvalue weighted by Crippen LogP contribution is -2.30. The number of hydrogen-bond acceptors (Lipinski definition) is 5. The zero-order valence-electron chi connectivity index (χ0n) is 16.2. The number of hydrogen-bond donors (Lipinski definition) is 1. The van der Waals surface area contributed by atoms with Crippen LogP contribution in [0.2, 0.25) is 0 Å². The highest BCUT2D eigenvalue weighted by Crippen LogP contribution is 2.33. The molecule has 0 unspecified atom stereocenters. The van der Waals surface area contributed by atoms with Gasteiger partial charge in [-0.05, 0) is 24.6 Å². The Labute approximate surface area is 183 Å². The predicted octanol–water partition coefficient (Wildman–Crippen LogP) is 4.07. The van der Waals surface area contributed by atoms with E-state index in [1.54, 1.807) is 6.08 Å². The van der Waals surface area contributed by atoms with Crippen molar-refractivity contribution in [2.24, 2.45) is 0 Å². The second-order valence-electron chi connectivity index (χ2n) is 7.01. The molecule has 0 spiro atoms. The number of aliphatic carboxylic acids is 1. The molecule has 1 aliphatic heterocycles. The van der Waals surface area contributed by atoms with Gasteiger partial charge in [-0.1, -0.05) is 65.9 Å². The lowest BCUT2D eigenvalue weighted by atomic mass is 10.1. The molecule has 1 aliphatic rings. The van der Waals surface area contributed by atoms with Gasteiger partial charge in [0.25, 0.3) is 5.91 Å². The molecule has 0 atom stereocenters. The molecule has 0 radical (unpaired) electrons. The molecule has 0 saturated carbocycles. The summed E-state index contributed by atoms with van der Waals surface area (Å²) in [7, 11) is 0.